The van der Waals surface area contributed by atoms with E-state index in [9.17, 15) is 13.6 Å². The smallest absolute Gasteiger partial charge is 0.266 e. The molecule has 2 rings (SSSR count). The largest absolute Gasteiger partial charge is 0.289 e. The molecule has 20 heavy (non-hydrogen) atoms. The molecule has 0 spiro atoms. The van der Waals surface area contributed by atoms with Crippen molar-refractivity contribution in [2.24, 2.45) is 5.10 Å². The van der Waals surface area contributed by atoms with Crippen LogP contribution < -0.4 is 5.43 Å². The van der Waals surface area contributed by atoms with Crippen molar-refractivity contribution < 1.29 is 13.6 Å². The highest BCUT2D eigenvalue weighted by molar-refractivity contribution is 6.00. The van der Waals surface area contributed by atoms with Crippen molar-refractivity contribution in [3.63, 3.8) is 0 Å². The summed E-state index contributed by atoms with van der Waals surface area (Å²) in [5.74, 6) is -1.91. The normalized spacial score (nSPS) is 11.2. The molecule has 2 aromatic rings. The number of halogens is 2. The Bertz CT molecular complexity index is 657. The first-order valence-corrected chi connectivity index (χ1v) is 5.79. The average molecular weight is 275 g/mol. The van der Waals surface area contributed by atoms with Crippen LogP contribution in [0.5, 0.6) is 0 Å². The molecule has 6 heteroatoms. The fourth-order valence-electron chi connectivity index (χ4n) is 1.53. The van der Waals surface area contributed by atoms with Gasteiger partial charge >= 0.3 is 0 Å². The summed E-state index contributed by atoms with van der Waals surface area (Å²) in [5, 5.41) is 3.78. The third kappa shape index (κ3) is 3.23. The Balaban J connectivity index is 2.13. The van der Waals surface area contributed by atoms with Crippen LogP contribution in [0.1, 0.15) is 23.0 Å². The number of carbonyl (C=O) groups excluding carboxylic acids is 1. The summed E-state index contributed by atoms with van der Waals surface area (Å²) in [6, 6.07) is 8.01. The Kier molecular flexibility index (Phi) is 4.14. The van der Waals surface area contributed by atoms with Gasteiger partial charge in [0, 0.05) is 17.8 Å². The van der Waals surface area contributed by atoms with Gasteiger partial charge in [0.05, 0.1) is 5.71 Å². The van der Waals surface area contributed by atoms with E-state index in [4.69, 9.17) is 0 Å². The summed E-state index contributed by atoms with van der Waals surface area (Å²) in [6.45, 7) is 1.51. The second-order valence-electron chi connectivity index (χ2n) is 3.98. The third-order valence-electron chi connectivity index (χ3n) is 2.54. The van der Waals surface area contributed by atoms with Crippen LogP contribution in [0, 0.1) is 11.6 Å². The number of carbonyl (C=O) groups is 1. The van der Waals surface area contributed by atoms with E-state index >= 15 is 0 Å². The van der Waals surface area contributed by atoms with Crippen molar-refractivity contribution in [1.29, 1.82) is 0 Å². The van der Waals surface area contributed by atoms with Gasteiger partial charge in [-0.15, -0.1) is 0 Å². The molecule has 0 atom stereocenters. The fraction of sp³-hybridized carbons (Fsp3) is 0.0714. The summed E-state index contributed by atoms with van der Waals surface area (Å²) >= 11 is 0. The summed E-state index contributed by atoms with van der Waals surface area (Å²) in [7, 11) is 0. The molecule has 4 nitrogen and oxygen atoms in total. The van der Waals surface area contributed by atoms with E-state index in [0.29, 0.717) is 0 Å². The summed E-state index contributed by atoms with van der Waals surface area (Å²) < 4.78 is 26.3. The zero-order chi connectivity index (χ0) is 14.5. The molecule has 0 radical (unpaired) electrons. The number of aromatic nitrogens is 1. The third-order valence-corrected chi connectivity index (χ3v) is 2.54. The number of nitrogens with zero attached hydrogens (tertiary/aromatic N) is 2. The van der Waals surface area contributed by atoms with Gasteiger partial charge in [-0.1, -0.05) is 6.07 Å². The lowest BCUT2D eigenvalue weighted by Crippen LogP contribution is -2.20. The van der Waals surface area contributed by atoms with E-state index in [-0.39, 0.29) is 17.0 Å². The molecule has 1 N–H and O–H groups in total. The van der Waals surface area contributed by atoms with Crippen molar-refractivity contribution in [2.75, 3.05) is 0 Å². The van der Waals surface area contributed by atoms with E-state index in [1.165, 1.54) is 25.3 Å². The summed E-state index contributed by atoms with van der Waals surface area (Å²) in [5.41, 5.74) is 2.81. The highest BCUT2D eigenvalue weighted by atomic mass is 19.1. The zero-order valence-corrected chi connectivity index (χ0v) is 10.6. The van der Waals surface area contributed by atoms with Crippen LogP contribution in [0.15, 0.2) is 47.7 Å². The molecule has 0 bridgehead atoms. The van der Waals surface area contributed by atoms with Gasteiger partial charge in [-0.2, -0.15) is 5.10 Å². The van der Waals surface area contributed by atoms with Crippen LogP contribution >= 0.6 is 0 Å². The molecule has 0 aliphatic rings. The molecule has 0 fully saturated rings. The molecule has 0 saturated carbocycles. The van der Waals surface area contributed by atoms with Gasteiger partial charge in [0.1, 0.15) is 17.3 Å². The van der Waals surface area contributed by atoms with Crippen molar-refractivity contribution in [3.05, 3.63) is 65.5 Å². The highest BCUT2D eigenvalue weighted by Crippen LogP contribution is 2.10. The predicted molar refractivity (Wildman–Crippen MR) is 70.3 cm³/mol. The van der Waals surface area contributed by atoms with E-state index in [0.717, 1.165) is 12.1 Å². The number of benzene rings is 1. The predicted octanol–water partition coefficient (Wildman–Crippen LogP) is 2.51. The number of hydrogen-bond donors (Lipinski definition) is 1. The maximum Gasteiger partial charge on any atom is 0.289 e. The molecule has 1 aromatic carbocycles. The van der Waals surface area contributed by atoms with Crippen molar-refractivity contribution >= 4 is 11.6 Å². The van der Waals surface area contributed by atoms with Crippen molar-refractivity contribution in [2.45, 2.75) is 6.92 Å². The van der Waals surface area contributed by atoms with E-state index in [1.54, 1.807) is 12.1 Å². The maximum atomic E-state index is 13.5. The number of nitrogens with one attached hydrogen (secondary N) is 1. The Morgan fingerprint density at radius 2 is 2.05 bits per heavy atom. The van der Waals surface area contributed by atoms with Gasteiger partial charge in [-0.25, -0.2) is 14.2 Å². The first-order chi connectivity index (χ1) is 9.58. The maximum absolute atomic E-state index is 13.5. The highest BCUT2D eigenvalue weighted by Gasteiger charge is 2.08. The van der Waals surface area contributed by atoms with Crippen molar-refractivity contribution in [1.82, 2.24) is 10.4 Å². The first kappa shape index (κ1) is 13.8. The molecule has 1 heterocycles. The van der Waals surface area contributed by atoms with Gasteiger partial charge in [0.25, 0.3) is 5.91 Å². The Labute approximate surface area is 114 Å². The molecule has 0 unspecified atom stereocenters. The Morgan fingerprint density at radius 3 is 2.70 bits per heavy atom. The Hall–Kier alpha value is -2.63. The minimum absolute atomic E-state index is 0.118. The standard InChI is InChI=1S/C14H11F2N3O/c1-9(11-6-5-10(15)8-12(11)16)18-19-14(20)13-4-2-3-7-17-13/h2-8H,1H3,(H,19,20)/b18-9-. The van der Waals surface area contributed by atoms with E-state index in [1.807, 2.05) is 0 Å². The molecule has 1 aromatic heterocycles. The second-order valence-corrected chi connectivity index (χ2v) is 3.98. The molecule has 0 aliphatic heterocycles. The number of rotatable bonds is 3. The lowest BCUT2D eigenvalue weighted by atomic mass is 10.1. The molecule has 0 aliphatic carbocycles. The molecule has 102 valence electrons. The van der Waals surface area contributed by atoms with Crippen LogP contribution in [0.4, 0.5) is 8.78 Å². The minimum atomic E-state index is -0.738. The van der Waals surface area contributed by atoms with E-state index < -0.39 is 17.5 Å². The van der Waals surface area contributed by atoms with Crippen molar-refractivity contribution in [3.8, 4) is 0 Å². The monoisotopic (exact) mass is 275 g/mol. The SMILES string of the molecule is C/C(=N/NC(=O)c1ccccn1)c1ccc(F)cc1F. The second kappa shape index (κ2) is 6.01. The lowest BCUT2D eigenvalue weighted by molar-refractivity contribution is 0.0950. The van der Waals surface area contributed by atoms with Gasteiger partial charge in [-0.05, 0) is 31.2 Å². The average Bonchev–Trinajstić information content (AvgIpc) is 2.45. The van der Waals surface area contributed by atoms with E-state index in [2.05, 4.69) is 15.5 Å². The summed E-state index contributed by atoms with van der Waals surface area (Å²) in [6.07, 6.45) is 1.48. The Morgan fingerprint density at radius 1 is 1.25 bits per heavy atom. The minimum Gasteiger partial charge on any atom is -0.266 e. The zero-order valence-electron chi connectivity index (χ0n) is 10.6. The van der Waals surface area contributed by atoms with Crippen LogP contribution in [0.25, 0.3) is 0 Å². The number of pyridine rings is 1. The fourth-order valence-corrected chi connectivity index (χ4v) is 1.53. The molecule has 0 saturated heterocycles. The van der Waals surface area contributed by atoms with Crippen LogP contribution in [-0.4, -0.2) is 16.6 Å². The van der Waals surface area contributed by atoms with Gasteiger partial charge < -0.3 is 0 Å². The molecular formula is C14H11F2N3O. The topological polar surface area (TPSA) is 54.4 Å². The van der Waals surface area contributed by atoms with Crippen LogP contribution in [0.3, 0.4) is 0 Å². The van der Waals surface area contributed by atoms with Crippen LogP contribution in [0.2, 0.25) is 0 Å². The number of hydrazone groups is 1. The molecular weight excluding hydrogens is 264 g/mol. The quantitative estimate of drug-likeness (QED) is 0.691. The molecule has 1 amide bonds. The van der Waals surface area contributed by atoms with Gasteiger partial charge in [0.2, 0.25) is 0 Å². The van der Waals surface area contributed by atoms with Gasteiger partial charge in [0.15, 0.2) is 0 Å². The summed E-state index contributed by atoms with van der Waals surface area (Å²) in [4.78, 5) is 15.5. The first-order valence-electron chi connectivity index (χ1n) is 5.79. The number of hydrogen-bond acceptors (Lipinski definition) is 3. The van der Waals surface area contributed by atoms with Crippen LogP contribution in [-0.2, 0) is 0 Å². The number of amides is 1. The lowest BCUT2D eigenvalue weighted by Gasteiger charge is -2.04. The van der Waals surface area contributed by atoms with Gasteiger partial charge in [-0.3, -0.25) is 9.78 Å².